The largest absolute Gasteiger partial charge is 0.497 e. The predicted molar refractivity (Wildman–Crippen MR) is 141 cm³/mol. The summed E-state index contributed by atoms with van der Waals surface area (Å²) in [4.78, 5) is 27.1. The fourth-order valence-electron chi connectivity index (χ4n) is 3.88. The van der Waals surface area contributed by atoms with E-state index in [9.17, 15) is 9.59 Å². The molecule has 2 rings (SSSR count). The maximum atomic E-state index is 12.8. The molecule has 1 aliphatic rings. The molecule has 1 saturated heterocycles. The molecule has 0 saturated carbocycles. The monoisotopic (exact) mass is 483 g/mol. The molecule has 0 N–H and O–H groups in total. The number of esters is 2. The van der Waals surface area contributed by atoms with E-state index in [4.69, 9.17) is 14.2 Å². The van der Waals surface area contributed by atoms with Crippen LogP contribution in [0.15, 0.2) is 61.7 Å². The van der Waals surface area contributed by atoms with Crippen molar-refractivity contribution < 1.29 is 23.8 Å². The average Bonchev–Trinajstić information content (AvgIpc) is 3.63. The van der Waals surface area contributed by atoms with Crippen LogP contribution >= 0.6 is 0 Å². The highest BCUT2D eigenvalue weighted by Crippen LogP contribution is 2.37. The fourth-order valence-corrected chi connectivity index (χ4v) is 3.88. The maximum absolute atomic E-state index is 12.8. The second kappa shape index (κ2) is 16.6. The minimum atomic E-state index is -0.661. The van der Waals surface area contributed by atoms with E-state index in [1.807, 2.05) is 18.2 Å². The van der Waals surface area contributed by atoms with Crippen LogP contribution in [0.1, 0.15) is 64.2 Å². The molecule has 35 heavy (non-hydrogen) atoms. The van der Waals surface area contributed by atoms with Crippen molar-refractivity contribution in [3.63, 3.8) is 0 Å². The molecule has 0 bridgehead atoms. The van der Waals surface area contributed by atoms with E-state index < -0.39 is 24.0 Å². The van der Waals surface area contributed by atoms with Crippen LogP contribution in [0.3, 0.4) is 0 Å². The molecule has 1 aliphatic heterocycles. The molecule has 6 heteroatoms. The van der Waals surface area contributed by atoms with E-state index in [0.717, 1.165) is 37.8 Å². The Kier molecular flexibility index (Phi) is 13.4. The minimum Gasteiger partial charge on any atom is -0.497 e. The summed E-state index contributed by atoms with van der Waals surface area (Å²) in [6, 6.07) is 5.94. The molecule has 0 radical (unpaired) electrons. The molecule has 0 spiro atoms. The van der Waals surface area contributed by atoms with E-state index in [1.54, 1.807) is 30.2 Å². The van der Waals surface area contributed by atoms with Crippen molar-refractivity contribution in [1.82, 2.24) is 0 Å². The first-order valence-electron chi connectivity index (χ1n) is 12.8. The summed E-state index contributed by atoms with van der Waals surface area (Å²) in [7, 11) is 1.59. The maximum Gasteiger partial charge on any atom is 0.331 e. The molecule has 0 amide bonds. The molecule has 192 valence electrons. The van der Waals surface area contributed by atoms with Crippen molar-refractivity contribution in [2.24, 2.45) is 0 Å². The van der Waals surface area contributed by atoms with Gasteiger partial charge in [-0.25, -0.2) is 9.59 Å². The zero-order valence-corrected chi connectivity index (χ0v) is 21.2. The van der Waals surface area contributed by atoms with Gasteiger partial charge in [0.15, 0.2) is 12.1 Å². The third kappa shape index (κ3) is 10.0. The number of unbranched alkanes of at least 4 members (excludes halogenated alkanes) is 7. The van der Waals surface area contributed by atoms with Gasteiger partial charge in [0, 0.05) is 5.69 Å². The number of carbonyl (C=O) groups excluding carboxylic acids is 2. The van der Waals surface area contributed by atoms with Gasteiger partial charge in [0.25, 0.3) is 0 Å². The third-order valence-electron chi connectivity index (χ3n) is 5.91. The molecule has 1 heterocycles. The fraction of sp³-hybridized carbons (Fsp3) is 0.517. The quantitative estimate of drug-likeness (QED) is 0.101. The minimum absolute atomic E-state index is 0.306. The van der Waals surface area contributed by atoms with Crippen LogP contribution in [0.2, 0.25) is 0 Å². The molecule has 0 unspecified atom stereocenters. The number of benzene rings is 1. The van der Waals surface area contributed by atoms with Gasteiger partial charge in [-0.2, -0.15) is 0 Å². The Labute approximate surface area is 210 Å². The van der Waals surface area contributed by atoms with Crippen molar-refractivity contribution in [3.8, 4) is 5.75 Å². The Morgan fingerprint density at radius 3 is 1.80 bits per heavy atom. The van der Waals surface area contributed by atoms with Crippen LogP contribution in [0.4, 0.5) is 5.69 Å². The van der Waals surface area contributed by atoms with Gasteiger partial charge in [0.05, 0.1) is 20.3 Å². The lowest BCUT2D eigenvalue weighted by atomic mass is 10.1. The first-order chi connectivity index (χ1) is 17.1. The summed E-state index contributed by atoms with van der Waals surface area (Å²) < 4.78 is 16.1. The lowest BCUT2D eigenvalue weighted by molar-refractivity contribution is -0.147. The molecule has 1 fully saturated rings. The molecule has 1 aromatic rings. The highest BCUT2D eigenvalue weighted by Gasteiger charge is 2.59. The summed E-state index contributed by atoms with van der Waals surface area (Å²) in [6.45, 7) is 8.06. The second-order valence-electron chi connectivity index (χ2n) is 8.65. The zero-order valence-electron chi connectivity index (χ0n) is 21.2. The number of methoxy groups -OCH3 is 1. The molecule has 1 aromatic carbocycles. The zero-order chi connectivity index (χ0) is 25.3. The first kappa shape index (κ1) is 28.2. The van der Waals surface area contributed by atoms with Gasteiger partial charge in [-0.05, 0) is 75.6 Å². The summed E-state index contributed by atoms with van der Waals surface area (Å²) >= 11 is 0. The Hall–Kier alpha value is -3.02. The van der Waals surface area contributed by atoms with Crippen molar-refractivity contribution >= 4 is 17.6 Å². The summed E-state index contributed by atoms with van der Waals surface area (Å²) in [6.07, 6.45) is 18.4. The van der Waals surface area contributed by atoms with Crippen molar-refractivity contribution in [3.05, 3.63) is 61.7 Å². The number of hydrogen-bond donors (Lipinski definition) is 0. The van der Waals surface area contributed by atoms with Gasteiger partial charge in [-0.1, -0.05) is 37.1 Å². The van der Waals surface area contributed by atoms with E-state index in [1.165, 1.54) is 25.7 Å². The standard InChI is InChI=1S/C29H41NO5/c1-4-6-8-9-10-11-12-13-14-15-17-23-35-29(32)27-26(28(31)34-22-16-7-5-2)30(27)24-18-20-25(33-3)21-19-24/h4-5,13-14,18-21,26-27H,1-2,6-12,15-17,22-23H2,3H3/b14-13+/t26-,27-,30?/m1/s1. The van der Waals surface area contributed by atoms with Gasteiger partial charge >= 0.3 is 11.9 Å². The number of allylic oxidation sites excluding steroid dienone is 4. The highest BCUT2D eigenvalue weighted by atomic mass is 16.5. The molecule has 0 aliphatic carbocycles. The number of nitrogens with zero attached hydrogens (tertiary/aromatic N) is 1. The van der Waals surface area contributed by atoms with Crippen molar-refractivity contribution in [2.75, 3.05) is 25.2 Å². The van der Waals surface area contributed by atoms with E-state index in [0.29, 0.717) is 25.4 Å². The van der Waals surface area contributed by atoms with Gasteiger partial charge in [-0.3, -0.25) is 0 Å². The highest BCUT2D eigenvalue weighted by molar-refractivity contribution is 6.01. The van der Waals surface area contributed by atoms with E-state index in [2.05, 4.69) is 25.3 Å². The van der Waals surface area contributed by atoms with Gasteiger partial charge in [0.2, 0.25) is 0 Å². The number of rotatable bonds is 19. The number of carbonyl (C=O) groups is 2. The third-order valence-corrected chi connectivity index (χ3v) is 5.91. The Morgan fingerprint density at radius 1 is 0.771 bits per heavy atom. The predicted octanol–water partition coefficient (Wildman–Crippen LogP) is 6.17. The summed E-state index contributed by atoms with van der Waals surface area (Å²) in [5.41, 5.74) is 0.758. The van der Waals surface area contributed by atoms with E-state index in [-0.39, 0.29) is 0 Å². The van der Waals surface area contributed by atoms with Crippen LogP contribution in [0, 0.1) is 0 Å². The van der Waals surface area contributed by atoms with Gasteiger partial charge in [0.1, 0.15) is 5.75 Å². The van der Waals surface area contributed by atoms with Gasteiger partial charge < -0.3 is 19.1 Å². The smallest absolute Gasteiger partial charge is 0.331 e. The number of hydrogen-bond acceptors (Lipinski definition) is 6. The topological polar surface area (TPSA) is 64.8 Å². The summed E-state index contributed by atoms with van der Waals surface area (Å²) in [5, 5.41) is 0. The van der Waals surface area contributed by atoms with Crippen LogP contribution in [-0.4, -0.2) is 44.3 Å². The lowest BCUT2D eigenvalue weighted by Crippen LogP contribution is -2.21. The SMILES string of the molecule is C=CCCCCCC/C=C/CCCOC(=O)[C@H]1[C@H](C(=O)OCCCC=C)N1c1ccc(OC)cc1. The Morgan fingerprint density at radius 2 is 1.26 bits per heavy atom. The molecule has 6 nitrogen and oxygen atoms in total. The van der Waals surface area contributed by atoms with Crippen LogP contribution in [-0.2, 0) is 19.1 Å². The normalized spacial score (nSPS) is 16.7. The molecular formula is C29H41NO5. The average molecular weight is 484 g/mol. The lowest BCUT2D eigenvalue weighted by Gasteiger charge is -2.08. The van der Waals surface area contributed by atoms with Crippen LogP contribution in [0.25, 0.3) is 0 Å². The first-order valence-corrected chi connectivity index (χ1v) is 12.8. The number of ether oxygens (including phenoxy) is 3. The Balaban J connectivity index is 1.76. The van der Waals surface area contributed by atoms with E-state index >= 15 is 0 Å². The van der Waals surface area contributed by atoms with Crippen molar-refractivity contribution in [1.29, 1.82) is 0 Å². The molecule has 2 atom stereocenters. The molecule has 0 aromatic heterocycles. The van der Waals surface area contributed by atoms with Crippen LogP contribution < -0.4 is 9.64 Å². The second-order valence-corrected chi connectivity index (χ2v) is 8.65. The molecular weight excluding hydrogens is 442 g/mol. The summed E-state index contributed by atoms with van der Waals surface area (Å²) in [5.74, 6) is -0.0874. The van der Waals surface area contributed by atoms with Crippen molar-refractivity contribution in [2.45, 2.75) is 76.3 Å². The van der Waals surface area contributed by atoms with Gasteiger partial charge in [-0.15, -0.1) is 13.2 Å². The Bertz CT molecular complexity index is 817. The number of anilines is 1. The van der Waals surface area contributed by atoms with Crippen LogP contribution in [0.5, 0.6) is 5.75 Å².